The van der Waals surface area contributed by atoms with E-state index < -0.39 is 0 Å². The van der Waals surface area contributed by atoms with Crippen molar-refractivity contribution in [3.63, 3.8) is 0 Å². The summed E-state index contributed by atoms with van der Waals surface area (Å²) >= 11 is 3.36. The standard InChI is InChI=1S/C20H24BrNO4/c1-3-24-18-10-5-15(13-19(18)25-4-2)11-12-22-20(23)14-26-17-8-6-16(21)7-9-17/h5-10,13H,3-4,11-12,14H2,1-2H3,(H,22,23). The smallest absolute Gasteiger partial charge is 0.257 e. The van der Waals surface area contributed by atoms with E-state index >= 15 is 0 Å². The van der Waals surface area contributed by atoms with Crippen LogP contribution in [0.4, 0.5) is 0 Å². The molecule has 0 spiro atoms. The van der Waals surface area contributed by atoms with Gasteiger partial charge in [-0.05, 0) is 62.2 Å². The number of benzene rings is 2. The van der Waals surface area contributed by atoms with Crippen LogP contribution >= 0.6 is 15.9 Å². The van der Waals surface area contributed by atoms with E-state index in [-0.39, 0.29) is 12.5 Å². The number of hydrogen-bond acceptors (Lipinski definition) is 4. The molecule has 0 radical (unpaired) electrons. The molecule has 0 heterocycles. The molecule has 1 amide bonds. The summed E-state index contributed by atoms with van der Waals surface area (Å²) in [6.45, 7) is 5.57. The largest absolute Gasteiger partial charge is 0.490 e. The Morgan fingerprint density at radius 3 is 2.35 bits per heavy atom. The van der Waals surface area contributed by atoms with Gasteiger partial charge in [0.15, 0.2) is 18.1 Å². The lowest BCUT2D eigenvalue weighted by Crippen LogP contribution is -2.30. The number of amides is 1. The molecular weight excluding hydrogens is 398 g/mol. The maximum Gasteiger partial charge on any atom is 0.257 e. The molecule has 0 aromatic heterocycles. The predicted octanol–water partition coefficient (Wildman–Crippen LogP) is 3.98. The van der Waals surface area contributed by atoms with Crippen LogP contribution < -0.4 is 19.5 Å². The molecule has 0 aliphatic carbocycles. The van der Waals surface area contributed by atoms with Crippen LogP contribution in [-0.4, -0.2) is 32.3 Å². The summed E-state index contributed by atoms with van der Waals surface area (Å²) in [4.78, 5) is 11.9. The van der Waals surface area contributed by atoms with Crippen LogP contribution in [0.1, 0.15) is 19.4 Å². The molecule has 0 atom stereocenters. The Morgan fingerprint density at radius 1 is 0.962 bits per heavy atom. The highest BCUT2D eigenvalue weighted by molar-refractivity contribution is 9.10. The minimum Gasteiger partial charge on any atom is -0.490 e. The monoisotopic (exact) mass is 421 g/mol. The Bertz CT molecular complexity index is 703. The van der Waals surface area contributed by atoms with Gasteiger partial charge in [-0.3, -0.25) is 4.79 Å². The molecule has 0 fully saturated rings. The highest BCUT2D eigenvalue weighted by atomic mass is 79.9. The lowest BCUT2D eigenvalue weighted by Gasteiger charge is -2.13. The number of rotatable bonds is 10. The fraction of sp³-hybridized carbons (Fsp3) is 0.350. The van der Waals surface area contributed by atoms with Crippen molar-refractivity contribution < 1.29 is 19.0 Å². The van der Waals surface area contributed by atoms with Crippen LogP contribution in [-0.2, 0) is 11.2 Å². The first-order valence-electron chi connectivity index (χ1n) is 8.66. The van der Waals surface area contributed by atoms with Crippen molar-refractivity contribution >= 4 is 21.8 Å². The number of ether oxygens (including phenoxy) is 3. The van der Waals surface area contributed by atoms with Gasteiger partial charge >= 0.3 is 0 Å². The Balaban J connectivity index is 1.78. The number of halogens is 1. The van der Waals surface area contributed by atoms with Crippen molar-refractivity contribution in [3.8, 4) is 17.2 Å². The Labute approximate surface area is 162 Å². The van der Waals surface area contributed by atoms with Gasteiger partial charge in [-0.15, -0.1) is 0 Å². The third-order valence-electron chi connectivity index (χ3n) is 3.53. The highest BCUT2D eigenvalue weighted by Crippen LogP contribution is 2.28. The van der Waals surface area contributed by atoms with E-state index in [1.807, 2.05) is 56.3 Å². The summed E-state index contributed by atoms with van der Waals surface area (Å²) in [5, 5.41) is 2.86. The third-order valence-corrected chi connectivity index (χ3v) is 4.06. The lowest BCUT2D eigenvalue weighted by molar-refractivity contribution is -0.123. The van der Waals surface area contributed by atoms with Gasteiger partial charge in [0, 0.05) is 11.0 Å². The summed E-state index contributed by atoms with van der Waals surface area (Å²) in [5.74, 6) is 1.99. The Hall–Kier alpha value is -2.21. The molecule has 0 bridgehead atoms. The molecule has 2 aromatic carbocycles. The first-order chi connectivity index (χ1) is 12.6. The zero-order chi connectivity index (χ0) is 18.8. The molecule has 1 N–H and O–H groups in total. The molecule has 6 heteroatoms. The number of carbonyl (C=O) groups is 1. The summed E-state index contributed by atoms with van der Waals surface area (Å²) in [6, 6.07) is 13.2. The maximum absolute atomic E-state index is 11.9. The van der Waals surface area contributed by atoms with Crippen molar-refractivity contribution in [1.82, 2.24) is 5.32 Å². The van der Waals surface area contributed by atoms with E-state index in [2.05, 4.69) is 21.2 Å². The Morgan fingerprint density at radius 2 is 1.65 bits per heavy atom. The highest BCUT2D eigenvalue weighted by Gasteiger charge is 2.07. The van der Waals surface area contributed by atoms with E-state index in [0.717, 1.165) is 21.5 Å². The summed E-state index contributed by atoms with van der Waals surface area (Å²) in [6.07, 6.45) is 0.705. The average Bonchev–Trinajstić information content (AvgIpc) is 2.64. The lowest BCUT2D eigenvalue weighted by atomic mass is 10.1. The van der Waals surface area contributed by atoms with Gasteiger partial charge in [0.1, 0.15) is 5.75 Å². The molecular formula is C20H24BrNO4. The van der Waals surface area contributed by atoms with Crippen LogP contribution in [0.3, 0.4) is 0 Å². The van der Waals surface area contributed by atoms with Crippen molar-refractivity contribution in [3.05, 3.63) is 52.5 Å². The fourth-order valence-corrected chi connectivity index (χ4v) is 2.59. The zero-order valence-corrected chi connectivity index (χ0v) is 16.7. The zero-order valence-electron chi connectivity index (χ0n) is 15.1. The maximum atomic E-state index is 11.9. The van der Waals surface area contributed by atoms with Gasteiger partial charge in [-0.2, -0.15) is 0 Å². The van der Waals surface area contributed by atoms with Gasteiger partial charge < -0.3 is 19.5 Å². The van der Waals surface area contributed by atoms with Crippen LogP contribution in [0, 0.1) is 0 Å². The normalized spacial score (nSPS) is 10.3. The Kier molecular flexibility index (Phi) is 8.28. The second-order valence-electron chi connectivity index (χ2n) is 5.49. The molecule has 0 aliphatic rings. The van der Waals surface area contributed by atoms with Gasteiger partial charge in [0.05, 0.1) is 13.2 Å². The van der Waals surface area contributed by atoms with Gasteiger partial charge in [-0.1, -0.05) is 22.0 Å². The summed E-state index contributed by atoms with van der Waals surface area (Å²) in [5.41, 5.74) is 1.08. The molecule has 0 saturated heterocycles. The summed E-state index contributed by atoms with van der Waals surface area (Å²) in [7, 11) is 0. The van der Waals surface area contributed by atoms with E-state index in [1.165, 1.54) is 0 Å². The predicted molar refractivity (Wildman–Crippen MR) is 105 cm³/mol. The van der Waals surface area contributed by atoms with Crippen LogP contribution in [0.15, 0.2) is 46.9 Å². The average molecular weight is 422 g/mol. The molecule has 140 valence electrons. The molecule has 26 heavy (non-hydrogen) atoms. The van der Waals surface area contributed by atoms with Crippen LogP contribution in [0.25, 0.3) is 0 Å². The van der Waals surface area contributed by atoms with E-state index in [9.17, 15) is 4.79 Å². The van der Waals surface area contributed by atoms with Crippen LogP contribution in [0.2, 0.25) is 0 Å². The second-order valence-corrected chi connectivity index (χ2v) is 6.41. The van der Waals surface area contributed by atoms with Crippen molar-refractivity contribution in [1.29, 1.82) is 0 Å². The van der Waals surface area contributed by atoms with Crippen LogP contribution in [0.5, 0.6) is 17.2 Å². The SMILES string of the molecule is CCOc1ccc(CCNC(=O)COc2ccc(Br)cc2)cc1OCC. The second kappa shape index (κ2) is 10.7. The van der Waals surface area contributed by atoms with E-state index in [4.69, 9.17) is 14.2 Å². The van der Waals surface area contributed by atoms with Crippen molar-refractivity contribution in [2.24, 2.45) is 0 Å². The van der Waals surface area contributed by atoms with E-state index in [0.29, 0.717) is 31.9 Å². The molecule has 0 unspecified atom stereocenters. The van der Waals surface area contributed by atoms with E-state index in [1.54, 1.807) is 0 Å². The molecule has 2 rings (SSSR count). The van der Waals surface area contributed by atoms with Crippen molar-refractivity contribution in [2.75, 3.05) is 26.4 Å². The topological polar surface area (TPSA) is 56.8 Å². The number of carbonyl (C=O) groups excluding carboxylic acids is 1. The molecule has 0 saturated carbocycles. The van der Waals surface area contributed by atoms with Gasteiger partial charge in [0.25, 0.3) is 5.91 Å². The molecule has 5 nitrogen and oxygen atoms in total. The first-order valence-corrected chi connectivity index (χ1v) is 9.45. The summed E-state index contributed by atoms with van der Waals surface area (Å²) < 4.78 is 17.6. The quantitative estimate of drug-likeness (QED) is 0.629. The number of nitrogens with one attached hydrogen (secondary N) is 1. The van der Waals surface area contributed by atoms with Gasteiger partial charge in [-0.25, -0.2) is 0 Å². The molecule has 2 aromatic rings. The number of hydrogen-bond donors (Lipinski definition) is 1. The van der Waals surface area contributed by atoms with Gasteiger partial charge in [0.2, 0.25) is 0 Å². The minimum absolute atomic E-state index is 0.00486. The first kappa shape index (κ1) is 20.1. The third kappa shape index (κ3) is 6.59. The minimum atomic E-state index is -0.149. The molecule has 0 aliphatic heterocycles. The fourth-order valence-electron chi connectivity index (χ4n) is 2.33. The van der Waals surface area contributed by atoms with Crippen molar-refractivity contribution in [2.45, 2.75) is 20.3 Å².